The average molecular weight is 290 g/mol. The quantitative estimate of drug-likeness (QED) is 0.478. The molecule has 0 aliphatic heterocycles. The van der Waals surface area contributed by atoms with E-state index < -0.39 is 36.4 Å². The Bertz CT molecular complexity index is 274. The largest absolute Gasteiger partial charge is 0.436 e. The van der Waals surface area contributed by atoms with Gasteiger partial charge in [0.15, 0.2) is 12.6 Å². The van der Waals surface area contributed by atoms with E-state index in [1.807, 2.05) is 13.8 Å². The number of carbonyl (C=O) groups is 2. The van der Waals surface area contributed by atoms with Crippen molar-refractivity contribution in [2.24, 2.45) is 11.8 Å². The maximum atomic E-state index is 11.8. The molecular formula is C14H26O6. The molecule has 20 heavy (non-hydrogen) atoms. The monoisotopic (exact) mass is 290 g/mol. The van der Waals surface area contributed by atoms with Crippen LogP contribution in [0, 0.1) is 11.8 Å². The fourth-order valence-electron chi connectivity index (χ4n) is 1.49. The summed E-state index contributed by atoms with van der Waals surface area (Å²) < 4.78 is 20.4. The van der Waals surface area contributed by atoms with Gasteiger partial charge in [0.2, 0.25) is 0 Å². The van der Waals surface area contributed by atoms with Gasteiger partial charge in [-0.25, -0.2) is 0 Å². The lowest BCUT2D eigenvalue weighted by Gasteiger charge is -2.21. The van der Waals surface area contributed by atoms with Crippen LogP contribution in [0.4, 0.5) is 0 Å². The molecule has 4 atom stereocenters. The van der Waals surface area contributed by atoms with Crippen molar-refractivity contribution in [2.45, 2.75) is 54.1 Å². The summed E-state index contributed by atoms with van der Waals surface area (Å²) in [7, 11) is 0. The Morgan fingerprint density at radius 2 is 1.05 bits per heavy atom. The van der Waals surface area contributed by atoms with Crippen molar-refractivity contribution in [3.63, 3.8) is 0 Å². The molecule has 6 heteroatoms. The Balaban J connectivity index is 4.34. The fourth-order valence-corrected chi connectivity index (χ4v) is 1.49. The molecule has 0 bridgehead atoms. The topological polar surface area (TPSA) is 71.1 Å². The lowest BCUT2D eigenvalue weighted by Crippen LogP contribution is -2.33. The summed E-state index contributed by atoms with van der Waals surface area (Å²) in [6, 6.07) is 0. The van der Waals surface area contributed by atoms with E-state index in [0.29, 0.717) is 13.2 Å². The normalized spacial score (nSPS) is 16.9. The van der Waals surface area contributed by atoms with Crippen molar-refractivity contribution in [3.05, 3.63) is 0 Å². The Labute approximate surface area is 120 Å². The fraction of sp³-hybridized carbons (Fsp3) is 0.857. The van der Waals surface area contributed by atoms with Crippen LogP contribution in [-0.4, -0.2) is 37.7 Å². The van der Waals surface area contributed by atoms with Crippen LogP contribution in [0.1, 0.15) is 41.5 Å². The Morgan fingerprint density at radius 3 is 1.30 bits per heavy atom. The van der Waals surface area contributed by atoms with Gasteiger partial charge in [0, 0.05) is 13.2 Å². The van der Waals surface area contributed by atoms with Crippen LogP contribution in [-0.2, 0) is 28.5 Å². The van der Waals surface area contributed by atoms with Crippen molar-refractivity contribution in [2.75, 3.05) is 13.2 Å². The highest BCUT2D eigenvalue weighted by Crippen LogP contribution is 2.16. The third-order valence-corrected chi connectivity index (χ3v) is 2.86. The van der Waals surface area contributed by atoms with Crippen molar-refractivity contribution in [1.29, 1.82) is 0 Å². The van der Waals surface area contributed by atoms with Crippen LogP contribution < -0.4 is 0 Å². The van der Waals surface area contributed by atoms with Crippen molar-refractivity contribution >= 4 is 11.9 Å². The first-order valence-corrected chi connectivity index (χ1v) is 6.97. The van der Waals surface area contributed by atoms with E-state index >= 15 is 0 Å². The van der Waals surface area contributed by atoms with E-state index in [1.54, 1.807) is 27.7 Å². The lowest BCUT2D eigenvalue weighted by atomic mass is 9.96. The molecule has 0 fully saturated rings. The third kappa shape index (κ3) is 6.86. The second kappa shape index (κ2) is 9.72. The van der Waals surface area contributed by atoms with Gasteiger partial charge < -0.3 is 18.9 Å². The minimum Gasteiger partial charge on any atom is -0.436 e. The summed E-state index contributed by atoms with van der Waals surface area (Å²) in [5.74, 6) is -2.20. The minimum atomic E-state index is -0.625. The van der Waals surface area contributed by atoms with Crippen molar-refractivity contribution in [3.8, 4) is 0 Å². The molecule has 0 aliphatic rings. The zero-order valence-corrected chi connectivity index (χ0v) is 13.2. The highest BCUT2D eigenvalue weighted by atomic mass is 16.7. The molecule has 0 radical (unpaired) electrons. The molecule has 0 heterocycles. The Kier molecular flexibility index (Phi) is 9.16. The van der Waals surface area contributed by atoms with Gasteiger partial charge in [0.1, 0.15) is 0 Å². The second-order valence-electron chi connectivity index (χ2n) is 4.50. The van der Waals surface area contributed by atoms with E-state index in [9.17, 15) is 9.59 Å². The number of rotatable bonds is 9. The lowest BCUT2D eigenvalue weighted by molar-refractivity contribution is -0.189. The molecule has 0 amide bonds. The average Bonchev–Trinajstić information content (AvgIpc) is 2.37. The van der Waals surface area contributed by atoms with Crippen LogP contribution in [0.15, 0.2) is 0 Å². The molecule has 4 unspecified atom stereocenters. The van der Waals surface area contributed by atoms with Gasteiger partial charge in [-0.05, 0) is 27.7 Å². The van der Waals surface area contributed by atoms with Gasteiger partial charge in [-0.15, -0.1) is 0 Å². The molecule has 0 rings (SSSR count). The molecular weight excluding hydrogens is 264 g/mol. The van der Waals surface area contributed by atoms with Gasteiger partial charge >= 0.3 is 11.9 Å². The smallest absolute Gasteiger partial charge is 0.311 e. The highest BCUT2D eigenvalue weighted by molar-refractivity contribution is 5.81. The van der Waals surface area contributed by atoms with Gasteiger partial charge in [0.05, 0.1) is 11.8 Å². The highest BCUT2D eigenvalue weighted by Gasteiger charge is 2.30. The number of hydrogen-bond donors (Lipinski definition) is 0. The molecule has 0 spiro atoms. The molecule has 0 aliphatic carbocycles. The maximum absolute atomic E-state index is 11.8. The van der Waals surface area contributed by atoms with Crippen molar-refractivity contribution < 1.29 is 28.5 Å². The second-order valence-corrected chi connectivity index (χ2v) is 4.50. The molecule has 0 aromatic rings. The molecule has 118 valence electrons. The first-order valence-electron chi connectivity index (χ1n) is 6.97. The van der Waals surface area contributed by atoms with Gasteiger partial charge in [-0.3, -0.25) is 9.59 Å². The minimum absolute atomic E-state index is 0.451. The van der Waals surface area contributed by atoms with E-state index in [4.69, 9.17) is 18.9 Å². The standard InChI is InChI=1S/C14H26O6/c1-7-17-11(5)19-13(15)9(3)10(4)14(16)20-12(6)18-8-2/h9-12H,7-8H2,1-6H3. The number of esters is 2. The number of hydrogen-bond acceptors (Lipinski definition) is 6. The van der Waals surface area contributed by atoms with E-state index in [0.717, 1.165) is 0 Å². The molecule has 0 aromatic carbocycles. The van der Waals surface area contributed by atoms with Crippen LogP contribution in [0.2, 0.25) is 0 Å². The van der Waals surface area contributed by atoms with Gasteiger partial charge in [-0.2, -0.15) is 0 Å². The van der Waals surface area contributed by atoms with E-state index in [2.05, 4.69) is 0 Å². The predicted octanol–water partition coefficient (Wildman–Crippen LogP) is 2.11. The molecule has 6 nitrogen and oxygen atoms in total. The predicted molar refractivity (Wildman–Crippen MR) is 72.7 cm³/mol. The molecule has 0 saturated heterocycles. The zero-order chi connectivity index (χ0) is 15.7. The number of carbonyl (C=O) groups excluding carboxylic acids is 2. The maximum Gasteiger partial charge on any atom is 0.311 e. The zero-order valence-electron chi connectivity index (χ0n) is 13.2. The molecule has 0 N–H and O–H groups in total. The van der Waals surface area contributed by atoms with E-state index in [-0.39, 0.29) is 0 Å². The van der Waals surface area contributed by atoms with Gasteiger partial charge in [0.25, 0.3) is 0 Å². The van der Waals surface area contributed by atoms with Crippen LogP contribution in [0.25, 0.3) is 0 Å². The summed E-state index contributed by atoms with van der Waals surface area (Å²) >= 11 is 0. The van der Waals surface area contributed by atoms with Crippen LogP contribution in [0.3, 0.4) is 0 Å². The van der Waals surface area contributed by atoms with Crippen molar-refractivity contribution in [1.82, 2.24) is 0 Å². The Morgan fingerprint density at radius 1 is 0.750 bits per heavy atom. The summed E-state index contributed by atoms with van der Waals surface area (Å²) in [6.07, 6.45) is -1.25. The summed E-state index contributed by atoms with van der Waals surface area (Å²) in [5.41, 5.74) is 0. The molecule has 0 aromatic heterocycles. The summed E-state index contributed by atoms with van der Waals surface area (Å²) in [5, 5.41) is 0. The van der Waals surface area contributed by atoms with Crippen LogP contribution >= 0.6 is 0 Å². The SMILES string of the molecule is CCOC(C)OC(=O)C(C)C(C)C(=O)OC(C)OCC. The molecule has 0 saturated carbocycles. The number of ether oxygens (including phenoxy) is 4. The Hall–Kier alpha value is -1.14. The summed E-state index contributed by atoms with van der Waals surface area (Å²) in [6.45, 7) is 11.0. The first-order chi connectivity index (χ1) is 9.33. The first kappa shape index (κ1) is 18.9. The third-order valence-electron chi connectivity index (χ3n) is 2.86. The van der Waals surface area contributed by atoms with Gasteiger partial charge in [-0.1, -0.05) is 13.8 Å². The van der Waals surface area contributed by atoms with Crippen LogP contribution in [0.5, 0.6) is 0 Å². The van der Waals surface area contributed by atoms with E-state index in [1.165, 1.54) is 0 Å². The summed E-state index contributed by atoms with van der Waals surface area (Å²) in [4.78, 5) is 23.7.